The minimum Gasteiger partial charge on any atom is -0.367 e. The highest BCUT2D eigenvalue weighted by Crippen LogP contribution is 1.94. The highest BCUT2D eigenvalue weighted by Gasteiger charge is 1.99. The minimum atomic E-state index is -1.09. The van der Waals surface area contributed by atoms with Gasteiger partial charge in [0.15, 0.2) is 12.5 Å². The van der Waals surface area contributed by atoms with Crippen LogP contribution in [-0.4, -0.2) is 20.9 Å². The van der Waals surface area contributed by atoms with E-state index in [2.05, 4.69) is 4.98 Å². The molecule has 0 saturated heterocycles. The number of carbonyl (C=O) groups excluding carboxylic acids is 1. The number of aldehydes is 1. The van der Waals surface area contributed by atoms with Crippen molar-refractivity contribution in [2.45, 2.75) is 6.23 Å². The van der Waals surface area contributed by atoms with E-state index in [9.17, 15) is 4.79 Å². The lowest BCUT2D eigenvalue weighted by molar-refractivity contribution is -0.118. The second-order valence-corrected chi connectivity index (χ2v) is 1.56. The van der Waals surface area contributed by atoms with Gasteiger partial charge in [-0.15, -0.1) is 0 Å². The van der Waals surface area contributed by atoms with Crippen molar-refractivity contribution >= 4 is 6.29 Å². The molecule has 4 nitrogen and oxygen atoms in total. The lowest BCUT2D eigenvalue weighted by Crippen LogP contribution is -2.05. The Bertz CT molecular complexity index is 183. The van der Waals surface area contributed by atoms with Crippen molar-refractivity contribution < 1.29 is 9.90 Å². The predicted molar refractivity (Wildman–Crippen MR) is 29.5 cm³/mol. The summed E-state index contributed by atoms with van der Waals surface area (Å²) >= 11 is 0. The van der Waals surface area contributed by atoms with Crippen molar-refractivity contribution in [2.24, 2.45) is 0 Å². The van der Waals surface area contributed by atoms with Gasteiger partial charge in [-0.05, 0) is 0 Å². The Morgan fingerprint density at radius 2 is 2.56 bits per heavy atom. The monoisotopic (exact) mass is 126 g/mol. The molecule has 1 rings (SSSR count). The summed E-state index contributed by atoms with van der Waals surface area (Å²) in [6.07, 6.45) is 3.72. The van der Waals surface area contributed by atoms with Crippen molar-refractivity contribution in [1.29, 1.82) is 0 Å². The summed E-state index contributed by atoms with van der Waals surface area (Å²) in [4.78, 5) is 13.5. The zero-order chi connectivity index (χ0) is 6.69. The van der Waals surface area contributed by atoms with Crippen molar-refractivity contribution in [3.05, 3.63) is 18.7 Å². The van der Waals surface area contributed by atoms with Gasteiger partial charge in [0.05, 0.1) is 6.33 Å². The summed E-state index contributed by atoms with van der Waals surface area (Å²) in [7, 11) is 0. The predicted octanol–water partition coefficient (Wildman–Crippen LogP) is -0.427. The van der Waals surface area contributed by atoms with Gasteiger partial charge in [-0.3, -0.25) is 4.79 Å². The van der Waals surface area contributed by atoms with Crippen LogP contribution >= 0.6 is 0 Å². The molecule has 0 aliphatic heterocycles. The SMILES string of the molecule is O=CC(O)n1ccnc1. The molecular formula is C5H6N2O2. The van der Waals surface area contributed by atoms with E-state index in [0.29, 0.717) is 6.29 Å². The van der Waals surface area contributed by atoms with Gasteiger partial charge in [-0.2, -0.15) is 0 Å². The normalized spacial score (nSPS) is 13.0. The number of hydrogen-bond donors (Lipinski definition) is 1. The average molecular weight is 126 g/mol. The third-order valence-corrected chi connectivity index (χ3v) is 0.952. The zero-order valence-corrected chi connectivity index (χ0v) is 4.64. The van der Waals surface area contributed by atoms with Crippen LogP contribution in [0.4, 0.5) is 0 Å². The fourth-order valence-electron chi connectivity index (χ4n) is 0.496. The molecular weight excluding hydrogens is 120 g/mol. The molecule has 0 radical (unpaired) electrons. The molecule has 0 aliphatic carbocycles. The molecule has 1 N–H and O–H groups in total. The fourth-order valence-corrected chi connectivity index (χ4v) is 0.496. The molecule has 1 atom stereocenters. The first kappa shape index (κ1) is 5.97. The second kappa shape index (κ2) is 2.41. The number of rotatable bonds is 2. The number of nitrogens with zero attached hydrogens (tertiary/aromatic N) is 2. The maximum atomic E-state index is 9.90. The van der Waals surface area contributed by atoms with Gasteiger partial charge < -0.3 is 9.67 Å². The lowest BCUT2D eigenvalue weighted by Gasteiger charge is -2.00. The van der Waals surface area contributed by atoms with E-state index in [1.807, 2.05) is 0 Å². The molecule has 0 bridgehead atoms. The first-order valence-electron chi connectivity index (χ1n) is 2.45. The lowest BCUT2D eigenvalue weighted by atomic mass is 10.6. The molecule has 48 valence electrons. The van der Waals surface area contributed by atoms with Crippen LogP contribution < -0.4 is 0 Å². The van der Waals surface area contributed by atoms with Crippen LogP contribution in [-0.2, 0) is 4.79 Å². The molecule has 1 aromatic heterocycles. The summed E-state index contributed by atoms with van der Waals surface area (Å²) in [6.45, 7) is 0. The Kier molecular flexibility index (Phi) is 1.60. The Balaban J connectivity index is 2.76. The second-order valence-electron chi connectivity index (χ2n) is 1.56. The summed E-state index contributed by atoms with van der Waals surface area (Å²) in [6, 6.07) is 0. The molecule has 0 saturated carbocycles. The number of imidazole rings is 1. The maximum absolute atomic E-state index is 9.90. The van der Waals surface area contributed by atoms with Gasteiger partial charge in [0.2, 0.25) is 0 Å². The van der Waals surface area contributed by atoms with Crippen molar-refractivity contribution in [3.8, 4) is 0 Å². The van der Waals surface area contributed by atoms with Gasteiger partial charge in [0, 0.05) is 12.4 Å². The molecule has 0 aromatic carbocycles. The van der Waals surface area contributed by atoms with Crippen LogP contribution in [0.25, 0.3) is 0 Å². The van der Waals surface area contributed by atoms with E-state index in [-0.39, 0.29) is 0 Å². The van der Waals surface area contributed by atoms with Gasteiger partial charge in [-0.1, -0.05) is 0 Å². The van der Waals surface area contributed by atoms with Crippen LogP contribution in [0.3, 0.4) is 0 Å². The molecule has 0 amide bonds. The largest absolute Gasteiger partial charge is 0.367 e. The minimum absolute atomic E-state index is 0.432. The average Bonchev–Trinajstić information content (AvgIpc) is 2.37. The van der Waals surface area contributed by atoms with Gasteiger partial charge in [0.1, 0.15) is 0 Å². The van der Waals surface area contributed by atoms with Crippen molar-refractivity contribution in [3.63, 3.8) is 0 Å². The number of carbonyl (C=O) groups is 1. The first-order valence-corrected chi connectivity index (χ1v) is 2.45. The van der Waals surface area contributed by atoms with Crippen LogP contribution in [0.2, 0.25) is 0 Å². The molecule has 0 aliphatic rings. The van der Waals surface area contributed by atoms with E-state index in [0.717, 1.165) is 0 Å². The topological polar surface area (TPSA) is 55.1 Å². The number of aromatic nitrogens is 2. The highest BCUT2D eigenvalue weighted by atomic mass is 16.3. The molecule has 1 unspecified atom stereocenters. The van der Waals surface area contributed by atoms with Crippen LogP contribution in [0.15, 0.2) is 18.7 Å². The molecule has 1 aromatic rings. The van der Waals surface area contributed by atoms with Gasteiger partial charge in [0.25, 0.3) is 0 Å². The number of aliphatic hydroxyl groups is 1. The van der Waals surface area contributed by atoms with E-state index < -0.39 is 6.23 Å². The first-order chi connectivity index (χ1) is 4.34. The summed E-state index contributed by atoms with van der Waals surface area (Å²) in [5.41, 5.74) is 0. The molecule has 1 heterocycles. The van der Waals surface area contributed by atoms with Crippen LogP contribution in [0, 0.1) is 0 Å². The molecule has 4 heteroatoms. The Labute approximate surface area is 51.8 Å². The summed E-state index contributed by atoms with van der Waals surface area (Å²) in [5, 5.41) is 8.77. The van der Waals surface area contributed by atoms with Gasteiger partial charge >= 0.3 is 0 Å². The number of aliphatic hydroxyl groups excluding tert-OH is 1. The third kappa shape index (κ3) is 1.14. The smallest absolute Gasteiger partial charge is 0.188 e. The van der Waals surface area contributed by atoms with Crippen LogP contribution in [0.1, 0.15) is 6.23 Å². The van der Waals surface area contributed by atoms with E-state index in [1.54, 1.807) is 0 Å². The fraction of sp³-hybridized carbons (Fsp3) is 0.200. The van der Waals surface area contributed by atoms with Gasteiger partial charge in [-0.25, -0.2) is 4.98 Å². The summed E-state index contributed by atoms with van der Waals surface area (Å²) in [5.74, 6) is 0. The molecule has 0 spiro atoms. The number of hydrogen-bond acceptors (Lipinski definition) is 3. The van der Waals surface area contributed by atoms with E-state index in [1.165, 1.54) is 23.3 Å². The van der Waals surface area contributed by atoms with Crippen LogP contribution in [0.5, 0.6) is 0 Å². The molecule has 0 fully saturated rings. The highest BCUT2D eigenvalue weighted by molar-refractivity contribution is 5.53. The van der Waals surface area contributed by atoms with Crippen molar-refractivity contribution in [1.82, 2.24) is 9.55 Å². The van der Waals surface area contributed by atoms with E-state index in [4.69, 9.17) is 5.11 Å². The van der Waals surface area contributed by atoms with Crippen molar-refractivity contribution in [2.75, 3.05) is 0 Å². The zero-order valence-electron chi connectivity index (χ0n) is 4.64. The third-order valence-electron chi connectivity index (χ3n) is 0.952. The Morgan fingerprint density at radius 1 is 1.78 bits per heavy atom. The standard InChI is InChI=1S/C5H6N2O2/c8-3-5(9)7-2-1-6-4-7/h1-5,9H. The Hall–Kier alpha value is -1.16. The quantitative estimate of drug-likeness (QED) is 0.547. The maximum Gasteiger partial charge on any atom is 0.188 e. The molecule has 9 heavy (non-hydrogen) atoms. The summed E-state index contributed by atoms with van der Waals surface area (Å²) < 4.78 is 1.30. The Morgan fingerprint density at radius 3 is 3.00 bits per heavy atom. The van der Waals surface area contributed by atoms with E-state index >= 15 is 0 Å².